The van der Waals surface area contributed by atoms with Gasteiger partial charge in [0.15, 0.2) is 18.1 Å². The van der Waals surface area contributed by atoms with E-state index in [-0.39, 0.29) is 35.6 Å². The highest BCUT2D eigenvalue weighted by Crippen LogP contribution is 2.34. The Bertz CT molecular complexity index is 1030. The number of fused-ring (bicyclic) bond motifs is 1. The Morgan fingerprint density at radius 1 is 1.03 bits per heavy atom. The SMILES string of the molecule is CCOC(=O)c1sc2cccc(F)c2c1COC(=O)COc1ccccc1OC. The van der Waals surface area contributed by atoms with Gasteiger partial charge in [0.05, 0.1) is 13.7 Å². The van der Waals surface area contributed by atoms with Crippen molar-refractivity contribution in [3.8, 4) is 11.5 Å². The van der Waals surface area contributed by atoms with E-state index in [1.165, 1.54) is 13.2 Å². The van der Waals surface area contributed by atoms with Gasteiger partial charge in [0.25, 0.3) is 0 Å². The number of halogens is 1. The summed E-state index contributed by atoms with van der Waals surface area (Å²) in [7, 11) is 1.49. The molecule has 1 heterocycles. The fraction of sp³-hybridized carbons (Fsp3) is 0.238. The first-order chi connectivity index (χ1) is 14.0. The second kappa shape index (κ2) is 9.38. The molecule has 0 saturated heterocycles. The van der Waals surface area contributed by atoms with Gasteiger partial charge in [0.2, 0.25) is 0 Å². The summed E-state index contributed by atoms with van der Waals surface area (Å²) < 4.78 is 35.8. The van der Waals surface area contributed by atoms with Gasteiger partial charge in [-0.2, -0.15) is 0 Å². The number of hydrogen-bond acceptors (Lipinski definition) is 7. The first kappa shape index (κ1) is 20.6. The van der Waals surface area contributed by atoms with Crippen molar-refractivity contribution in [1.29, 1.82) is 0 Å². The van der Waals surface area contributed by atoms with Gasteiger partial charge < -0.3 is 18.9 Å². The molecule has 0 N–H and O–H groups in total. The summed E-state index contributed by atoms with van der Waals surface area (Å²) >= 11 is 1.10. The van der Waals surface area contributed by atoms with Crippen molar-refractivity contribution in [2.75, 3.05) is 20.3 Å². The molecule has 8 heteroatoms. The maximum absolute atomic E-state index is 14.4. The maximum Gasteiger partial charge on any atom is 0.348 e. The van der Waals surface area contributed by atoms with Gasteiger partial charge in [-0.1, -0.05) is 18.2 Å². The first-order valence-electron chi connectivity index (χ1n) is 8.83. The Labute approximate surface area is 170 Å². The molecule has 0 spiro atoms. The van der Waals surface area contributed by atoms with Crippen LogP contribution in [0.15, 0.2) is 42.5 Å². The van der Waals surface area contributed by atoms with Crippen LogP contribution >= 0.6 is 11.3 Å². The zero-order valence-electron chi connectivity index (χ0n) is 15.9. The summed E-state index contributed by atoms with van der Waals surface area (Å²) in [5.74, 6) is -0.863. The van der Waals surface area contributed by atoms with Crippen molar-refractivity contribution < 1.29 is 32.9 Å². The van der Waals surface area contributed by atoms with Crippen molar-refractivity contribution in [3.05, 3.63) is 58.7 Å². The minimum absolute atomic E-state index is 0.182. The highest BCUT2D eigenvalue weighted by atomic mass is 32.1. The van der Waals surface area contributed by atoms with Gasteiger partial charge in [-0.25, -0.2) is 14.0 Å². The number of hydrogen-bond donors (Lipinski definition) is 0. The largest absolute Gasteiger partial charge is 0.493 e. The Morgan fingerprint density at radius 3 is 2.52 bits per heavy atom. The van der Waals surface area contributed by atoms with Crippen LogP contribution in [-0.2, 0) is 20.9 Å². The number of thiophene rings is 1. The number of carbonyl (C=O) groups is 2. The molecule has 152 valence electrons. The Kier molecular flexibility index (Phi) is 6.66. The average molecular weight is 418 g/mol. The van der Waals surface area contributed by atoms with E-state index in [4.69, 9.17) is 18.9 Å². The van der Waals surface area contributed by atoms with Gasteiger partial charge in [-0.3, -0.25) is 0 Å². The number of methoxy groups -OCH3 is 1. The highest BCUT2D eigenvalue weighted by molar-refractivity contribution is 7.21. The predicted octanol–water partition coefficient (Wildman–Crippen LogP) is 4.35. The van der Waals surface area contributed by atoms with E-state index in [0.29, 0.717) is 16.2 Å². The predicted molar refractivity (Wildman–Crippen MR) is 106 cm³/mol. The third-order valence-electron chi connectivity index (χ3n) is 4.02. The van der Waals surface area contributed by atoms with Gasteiger partial charge in [0, 0.05) is 15.6 Å². The monoisotopic (exact) mass is 418 g/mol. The Morgan fingerprint density at radius 2 is 1.79 bits per heavy atom. The van der Waals surface area contributed by atoms with E-state index < -0.39 is 17.8 Å². The third kappa shape index (κ3) is 4.65. The van der Waals surface area contributed by atoms with E-state index in [1.54, 1.807) is 43.3 Å². The summed E-state index contributed by atoms with van der Waals surface area (Å²) in [4.78, 5) is 24.6. The molecule has 0 amide bonds. The number of ether oxygens (including phenoxy) is 4. The minimum atomic E-state index is -0.665. The van der Waals surface area contributed by atoms with Crippen LogP contribution in [0.25, 0.3) is 10.1 Å². The molecule has 1 aromatic heterocycles. The van der Waals surface area contributed by atoms with Crippen molar-refractivity contribution in [1.82, 2.24) is 0 Å². The number of esters is 2. The molecule has 0 atom stereocenters. The first-order valence-corrected chi connectivity index (χ1v) is 9.65. The number of para-hydroxylation sites is 2. The van der Waals surface area contributed by atoms with Crippen molar-refractivity contribution in [3.63, 3.8) is 0 Å². The number of rotatable bonds is 8. The van der Waals surface area contributed by atoms with E-state index >= 15 is 0 Å². The van der Waals surface area contributed by atoms with E-state index in [0.717, 1.165) is 11.3 Å². The van der Waals surface area contributed by atoms with Gasteiger partial charge in [-0.05, 0) is 31.2 Å². The molecule has 2 aromatic carbocycles. The van der Waals surface area contributed by atoms with E-state index in [2.05, 4.69) is 0 Å². The normalized spacial score (nSPS) is 10.6. The molecule has 0 aliphatic rings. The summed E-state index contributed by atoms with van der Waals surface area (Å²) in [6.45, 7) is 1.23. The lowest BCUT2D eigenvalue weighted by Crippen LogP contribution is -2.16. The lowest BCUT2D eigenvalue weighted by Gasteiger charge is -2.10. The lowest BCUT2D eigenvalue weighted by molar-refractivity contribution is -0.147. The van der Waals surface area contributed by atoms with E-state index in [1.807, 2.05) is 0 Å². The highest BCUT2D eigenvalue weighted by Gasteiger charge is 2.23. The second-order valence-electron chi connectivity index (χ2n) is 5.84. The number of benzene rings is 2. The van der Waals surface area contributed by atoms with E-state index in [9.17, 15) is 14.0 Å². The molecular weight excluding hydrogens is 399 g/mol. The zero-order valence-corrected chi connectivity index (χ0v) is 16.7. The molecule has 0 fully saturated rings. The standard InChI is InChI=1S/C21H19FO6S/c1-3-26-21(24)20-13(19-14(22)7-6-10-17(19)29-20)11-28-18(23)12-27-16-9-5-4-8-15(16)25-2/h4-10H,3,11-12H2,1-2H3. The Hall–Kier alpha value is -3.13. The fourth-order valence-corrected chi connectivity index (χ4v) is 3.85. The van der Waals surface area contributed by atoms with Gasteiger partial charge in [0.1, 0.15) is 17.3 Å². The lowest BCUT2D eigenvalue weighted by atomic mass is 10.1. The average Bonchev–Trinajstić information content (AvgIpc) is 3.11. The van der Waals surface area contributed by atoms with Gasteiger partial charge >= 0.3 is 11.9 Å². The molecule has 3 rings (SSSR count). The third-order valence-corrected chi connectivity index (χ3v) is 5.19. The quantitative estimate of drug-likeness (QED) is 0.507. The van der Waals surface area contributed by atoms with Crippen LogP contribution in [0, 0.1) is 5.82 Å². The van der Waals surface area contributed by atoms with Crippen LogP contribution in [0.3, 0.4) is 0 Å². The molecule has 29 heavy (non-hydrogen) atoms. The van der Waals surface area contributed by atoms with Crippen molar-refractivity contribution >= 4 is 33.4 Å². The van der Waals surface area contributed by atoms with Crippen molar-refractivity contribution in [2.24, 2.45) is 0 Å². The fourth-order valence-electron chi connectivity index (χ4n) is 2.74. The molecule has 0 aliphatic heterocycles. The van der Waals surface area contributed by atoms with Crippen LogP contribution in [0.2, 0.25) is 0 Å². The molecule has 0 saturated carbocycles. The van der Waals surface area contributed by atoms with Crippen LogP contribution < -0.4 is 9.47 Å². The van der Waals surface area contributed by atoms with Crippen LogP contribution in [-0.4, -0.2) is 32.3 Å². The van der Waals surface area contributed by atoms with Crippen LogP contribution in [0.5, 0.6) is 11.5 Å². The summed E-state index contributed by atoms with van der Waals surface area (Å²) in [5.41, 5.74) is 0.284. The smallest absolute Gasteiger partial charge is 0.348 e. The molecule has 0 unspecified atom stereocenters. The van der Waals surface area contributed by atoms with Crippen LogP contribution in [0.4, 0.5) is 4.39 Å². The molecule has 0 bridgehead atoms. The summed E-state index contributed by atoms with van der Waals surface area (Å²) in [6.07, 6.45) is 0. The molecule has 3 aromatic rings. The maximum atomic E-state index is 14.4. The Balaban J connectivity index is 1.74. The topological polar surface area (TPSA) is 71.1 Å². The number of carbonyl (C=O) groups excluding carboxylic acids is 2. The second-order valence-corrected chi connectivity index (χ2v) is 6.90. The molecule has 0 radical (unpaired) electrons. The summed E-state index contributed by atoms with van der Waals surface area (Å²) in [6, 6.07) is 11.4. The minimum Gasteiger partial charge on any atom is -0.493 e. The molecule has 6 nitrogen and oxygen atoms in total. The van der Waals surface area contributed by atoms with Crippen molar-refractivity contribution in [2.45, 2.75) is 13.5 Å². The summed E-state index contributed by atoms with van der Waals surface area (Å²) in [5, 5.41) is 0.249. The molecular formula is C21H19FO6S. The van der Waals surface area contributed by atoms with Crippen LogP contribution in [0.1, 0.15) is 22.2 Å². The molecule has 0 aliphatic carbocycles. The van der Waals surface area contributed by atoms with Gasteiger partial charge in [-0.15, -0.1) is 11.3 Å². The zero-order chi connectivity index (χ0) is 20.8.